The average Bonchev–Trinajstić information content (AvgIpc) is 3.31. The van der Waals surface area contributed by atoms with Crippen LogP contribution in [0.4, 0.5) is 0 Å². The smallest absolute Gasteiger partial charge is 0.242 e. The summed E-state index contributed by atoms with van der Waals surface area (Å²) in [5.41, 5.74) is 3.05. The lowest BCUT2D eigenvalue weighted by molar-refractivity contribution is -0.131. The third-order valence-corrected chi connectivity index (χ3v) is 5.32. The zero-order chi connectivity index (χ0) is 17.9. The topological polar surface area (TPSA) is 38.1 Å². The number of para-hydroxylation sites is 1. The first-order chi connectivity index (χ1) is 12.7. The van der Waals surface area contributed by atoms with Gasteiger partial charge in [0.25, 0.3) is 0 Å². The van der Waals surface area contributed by atoms with E-state index in [0.717, 1.165) is 22.3 Å². The maximum atomic E-state index is 12.9. The highest BCUT2D eigenvalue weighted by molar-refractivity contribution is 7.13. The quantitative estimate of drug-likeness (QED) is 0.528. The van der Waals surface area contributed by atoms with Crippen LogP contribution in [0.5, 0.6) is 0 Å². The Balaban J connectivity index is 1.64. The van der Waals surface area contributed by atoms with Crippen LogP contribution in [0, 0.1) is 0 Å². The second-order valence-electron chi connectivity index (χ2n) is 6.22. The van der Waals surface area contributed by atoms with E-state index in [1.807, 2.05) is 43.4 Å². The number of benzene rings is 1. The lowest BCUT2D eigenvalue weighted by Crippen LogP contribution is -2.30. The minimum atomic E-state index is 0.0646. The molecule has 0 saturated carbocycles. The average molecular weight is 361 g/mol. The summed E-state index contributed by atoms with van der Waals surface area (Å²) in [4.78, 5) is 20.1. The van der Waals surface area contributed by atoms with Gasteiger partial charge in [0.05, 0.1) is 22.8 Å². The number of fused-ring (bicyclic) bond motifs is 1. The molecule has 3 heterocycles. The van der Waals surface area contributed by atoms with Gasteiger partial charge in [-0.1, -0.05) is 30.3 Å². The van der Waals surface area contributed by atoms with Gasteiger partial charge in [-0.15, -0.1) is 11.3 Å². The molecule has 130 valence electrons. The summed E-state index contributed by atoms with van der Waals surface area (Å²) in [6.45, 7) is 0.817. The van der Waals surface area contributed by atoms with E-state index in [-0.39, 0.29) is 5.91 Å². The highest BCUT2D eigenvalue weighted by Gasteiger charge is 2.16. The van der Waals surface area contributed by atoms with Crippen LogP contribution in [0.2, 0.25) is 0 Å². The third-order valence-electron chi connectivity index (χ3n) is 4.43. The number of amides is 1. The molecule has 0 spiro atoms. The van der Waals surface area contributed by atoms with Crippen LogP contribution in [0.1, 0.15) is 5.69 Å². The van der Waals surface area contributed by atoms with Gasteiger partial charge in [-0.05, 0) is 35.7 Å². The van der Waals surface area contributed by atoms with Crippen LogP contribution in [-0.4, -0.2) is 27.4 Å². The monoisotopic (exact) mass is 361 g/mol. The van der Waals surface area contributed by atoms with Crippen LogP contribution in [0.25, 0.3) is 21.5 Å². The fourth-order valence-electron chi connectivity index (χ4n) is 3.09. The van der Waals surface area contributed by atoms with Gasteiger partial charge in [-0.3, -0.25) is 9.78 Å². The molecule has 3 aromatic heterocycles. The van der Waals surface area contributed by atoms with Gasteiger partial charge in [0, 0.05) is 24.1 Å². The van der Waals surface area contributed by atoms with Crippen LogP contribution in [0.3, 0.4) is 0 Å². The molecule has 0 saturated heterocycles. The van der Waals surface area contributed by atoms with Gasteiger partial charge in [-0.25, -0.2) is 0 Å². The number of hydrogen-bond donors (Lipinski definition) is 0. The molecule has 0 aliphatic carbocycles. The van der Waals surface area contributed by atoms with Gasteiger partial charge in [0.2, 0.25) is 5.91 Å². The first-order valence-corrected chi connectivity index (χ1v) is 9.36. The molecule has 0 aliphatic rings. The van der Waals surface area contributed by atoms with Crippen molar-refractivity contribution in [2.24, 2.45) is 0 Å². The van der Waals surface area contributed by atoms with E-state index >= 15 is 0 Å². The van der Waals surface area contributed by atoms with Gasteiger partial charge < -0.3 is 9.47 Å². The van der Waals surface area contributed by atoms with Crippen LogP contribution >= 0.6 is 11.3 Å². The standard InChI is InChI=1S/C21H19N3OS/c1-23(14-17-8-4-5-11-22-17)21(25)15-24-18-9-3-2-7-16(18)13-19(24)20-10-6-12-26-20/h2-13H,14-15H2,1H3. The molecule has 0 fully saturated rings. The van der Waals surface area contributed by atoms with Crippen molar-refractivity contribution in [3.05, 3.63) is 77.9 Å². The first kappa shape index (κ1) is 16.5. The van der Waals surface area contributed by atoms with Gasteiger partial charge in [0.15, 0.2) is 0 Å². The van der Waals surface area contributed by atoms with Crippen molar-refractivity contribution in [3.63, 3.8) is 0 Å². The molecule has 0 aliphatic heterocycles. The Labute approximate surface area is 156 Å². The Bertz CT molecular complexity index is 1020. The van der Waals surface area contributed by atoms with E-state index in [9.17, 15) is 4.79 Å². The SMILES string of the molecule is CN(Cc1ccccn1)C(=O)Cn1c(-c2cccs2)cc2ccccc21. The number of nitrogens with zero attached hydrogens (tertiary/aromatic N) is 3. The van der Waals surface area contributed by atoms with Gasteiger partial charge in [0.1, 0.15) is 6.54 Å². The molecule has 0 atom stereocenters. The van der Waals surface area contributed by atoms with Crippen molar-refractivity contribution in [1.82, 2.24) is 14.5 Å². The second-order valence-corrected chi connectivity index (χ2v) is 7.17. The molecule has 1 amide bonds. The maximum Gasteiger partial charge on any atom is 0.242 e. The van der Waals surface area contributed by atoms with Crippen molar-refractivity contribution >= 4 is 28.1 Å². The van der Waals surface area contributed by atoms with E-state index in [1.165, 1.54) is 4.88 Å². The molecular formula is C21H19N3OS. The lowest BCUT2D eigenvalue weighted by atomic mass is 10.2. The number of likely N-dealkylation sites (N-methyl/N-ethyl adjacent to an activating group) is 1. The molecular weight excluding hydrogens is 342 g/mol. The summed E-state index contributed by atoms with van der Waals surface area (Å²) in [7, 11) is 1.83. The zero-order valence-corrected chi connectivity index (χ0v) is 15.3. The minimum Gasteiger partial charge on any atom is -0.338 e. The summed E-state index contributed by atoms with van der Waals surface area (Å²) in [5.74, 6) is 0.0646. The Morgan fingerprint density at radius 2 is 1.96 bits per heavy atom. The molecule has 5 heteroatoms. The summed E-state index contributed by atoms with van der Waals surface area (Å²) in [5, 5.41) is 3.21. The second kappa shape index (κ2) is 7.14. The molecule has 4 rings (SSSR count). The molecule has 1 aromatic carbocycles. The van der Waals surface area contributed by atoms with Crippen molar-refractivity contribution < 1.29 is 4.79 Å². The Kier molecular flexibility index (Phi) is 4.54. The van der Waals surface area contributed by atoms with Crippen LogP contribution in [-0.2, 0) is 17.9 Å². The zero-order valence-electron chi connectivity index (χ0n) is 14.5. The number of carbonyl (C=O) groups is 1. The number of carbonyl (C=O) groups excluding carboxylic acids is 1. The predicted molar refractivity (Wildman–Crippen MR) is 106 cm³/mol. The van der Waals surface area contributed by atoms with Crippen molar-refractivity contribution in [2.45, 2.75) is 13.1 Å². The Morgan fingerprint density at radius 1 is 1.12 bits per heavy atom. The fourth-order valence-corrected chi connectivity index (χ4v) is 3.84. The maximum absolute atomic E-state index is 12.9. The summed E-state index contributed by atoms with van der Waals surface area (Å²) in [6, 6.07) is 20.2. The Hall–Kier alpha value is -2.92. The van der Waals surface area contributed by atoms with Crippen molar-refractivity contribution in [1.29, 1.82) is 0 Å². The highest BCUT2D eigenvalue weighted by atomic mass is 32.1. The third kappa shape index (κ3) is 3.26. The number of pyridine rings is 1. The summed E-state index contributed by atoms with van der Waals surface area (Å²) in [6.07, 6.45) is 1.75. The number of hydrogen-bond acceptors (Lipinski definition) is 3. The van der Waals surface area contributed by atoms with Crippen LogP contribution in [0.15, 0.2) is 72.2 Å². The molecule has 0 unspecified atom stereocenters. The predicted octanol–water partition coefficient (Wildman–Crippen LogP) is 4.42. The van der Waals surface area contributed by atoms with E-state index in [1.54, 1.807) is 22.4 Å². The minimum absolute atomic E-state index is 0.0646. The molecule has 0 radical (unpaired) electrons. The largest absolute Gasteiger partial charge is 0.338 e. The molecule has 26 heavy (non-hydrogen) atoms. The molecule has 4 nitrogen and oxygen atoms in total. The molecule has 0 N–H and O–H groups in total. The van der Waals surface area contributed by atoms with E-state index in [0.29, 0.717) is 13.1 Å². The lowest BCUT2D eigenvalue weighted by Gasteiger charge is -2.18. The van der Waals surface area contributed by atoms with Gasteiger partial charge >= 0.3 is 0 Å². The number of aromatic nitrogens is 2. The van der Waals surface area contributed by atoms with E-state index in [4.69, 9.17) is 0 Å². The van der Waals surface area contributed by atoms with E-state index < -0.39 is 0 Å². The molecule has 0 bridgehead atoms. The van der Waals surface area contributed by atoms with Gasteiger partial charge in [-0.2, -0.15) is 0 Å². The Morgan fingerprint density at radius 3 is 2.73 bits per heavy atom. The van der Waals surface area contributed by atoms with E-state index in [2.05, 4.69) is 39.2 Å². The number of rotatable bonds is 5. The molecule has 4 aromatic rings. The summed E-state index contributed by atoms with van der Waals surface area (Å²) < 4.78 is 2.11. The highest BCUT2D eigenvalue weighted by Crippen LogP contribution is 2.31. The van der Waals surface area contributed by atoms with Crippen LogP contribution < -0.4 is 0 Å². The first-order valence-electron chi connectivity index (χ1n) is 8.48. The van der Waals surface area contributed by atoms with Crippen molar-refractivity contribution in [2.75, 3.05) is 7.05 Å². The number of thiophene rings is 1. The fraction of sp³-hybridized carbons (Fsp3) is 0.143. The van der Waals surface area contributed by atoms with Crippen molar-refractivity contribution in [3.8, 4) is 10.6 Å². The normalized spacial score (nSPS) is 11.0. The summed E-state index contributed by atoms with van der Waals surface area (Å²) >= 11 is 1.69.